The molecule has 1 aromatic carbocycles. The Hall–Kier alpha value is -0.840. The monoisotopic (exact) mass is 330 g/mol. The minimum atomic E-state index is -1.78. The lowest BCUT2D eigenvalue weighted by atomic mass is 10.1. The molecule has 1 N–H and O–H groups in total. The van der Waals surface area contributed by atoms with Crippen LogP contribution in [0.4, 0.5) is 5.69 Å². The third kappa shape index (κ3) is 5.21. The number of rotatable bonds is 2. The number of nitro groups is 1. The molecule has 98 valence electrons. The fourth-order valence-electron chi connectivity index (χ4n) is 1.04. The van der Waals surface area contributed by atoms with Crippen molar-refractivity contribution in [3.8, 4) is 0 Å². The Bertz CT molecular complexity index is 455. The number of para-hydroxylation sites is 1. The smallest absolute Gasteiger partial charge is 0.258 e. The molecule has 1 rings (SSSR count). The minimum absolute atomic E-state index is 0.163. The maximum Gasteiger partial charge on any atom is 0.274 e. The largest absolute Gasteiger partial charge is 0.274 e. The van der Waals surface area contributed by atoms with Crippen molar-refractivity contribution >= 4 is 58.2 Å². The van der Waals surface area contributed by atoms with Gasteiger partial charge in [-0.25, -0.2) is 10.2 Å². The maximum absolute atomic E-state index is 10.7. The third-order valence-electron chi connectivity index (χ3n) is 1.69. The number of hydrogen-bond donors (Lipinski definition) is 1. The number of halogens is 4. The highest BCUT2D eigenvalue weighted by Crippen LogP contribution is 2.46. The average Bonchev–Trinajstić information content (AvgIpc) is 2.28. The topological polar surface area (TPSA) is 84.1 Å². The van der Waals surface area contributed by atoms with Crippen LogP contribution >= 0.6 is 46.4 Å². The van der Waals surface area contributed by atoms with E-state index in [1.54, 1.807) is 6.07 Å². The zero-order valence-corrected chi connectivity index (χ0v) is 11.6. The average molecular weight is 332 g/mol. The Kier molecular flexibility index (Phi) is 7.21. The number of carbonyl (C=O) groups excluding carboxylic acids is 1. The van der Waals surface area contributed by atoms with E-state index in [0.717, 1.165) is 6.08 Å². The molecule has 5 nitrogen and oxygen atoms in total. The van der Waals surface area contributed by atoms with E-state index in [9.17, 15) is 10.1 Å². The van der Waals surface area contributed by atoms with Gasteiger partial charge in [0.25, 0.3) is 5.69 Å². The fraction of sp³-hybridized carbons (Fsp3) is 0.222. The Labute approximate surface area is 122 Å². The lowest BCUT2D eigenvalue weighted by Gasteiger charge is -2.17. The third-order valence-corrected chi connectivity index (χ3v) is 3.25. The van der Waals surface area contributed by atoms with Gasteiger partial charge in [0, 0.05) is 6.07 Å². The van der Waals surface area contributed by atoms with Crippen molar-refractivity contribution in [3.05, 3.63) is 39.9 Å². The Morgan fingerprint density at radius 3 is 2.17 bits per heavy atom. The summed E-state index contributed by atoms with van der Waals surface area (Å²) in [7, 11) is 0. The molecule has 1 atom stereocenters. The second-order valence-corrected chi connectivity index (χ2v) is 5.63. The van der Waals surface area contributed by atoms with Crippen molar-refractivity contribution in [3.63, 3.8) is 0 Å². The first-order chi connectivity index (χ1) is 8.25. The van der Waals surface area contributed by atoms with E-state index in [0.29, 0.717) is 0 Å². The standard InChI is InChI=1S/C8H5Cl4NO2.CHNO/c9-7(8(10,11)12)5-3-1-2-4-6(5)13(14)15;2-1-3/h1-4,7H;2H. The highest BCUT2D eigenvalue weighted by Gasteiger charge is 2.36. The van der Waals surface area contributed by atoms with E-state index in [1.807, 2.05) is 0 Å². The van der Waals surface area contributed by atoms with Gasteiger partial charge in [0.15, 0.2) is 0 Å². The van der Waals surface area contributed by atoms with Crippen molar-refractivity contribution in [1.82, 2.24) is 0 Å². The van der Waals surface area contributed by atoms with Crippen LogP contribution in [-0.2, 0) is 4.79 Å². The normalized spacial score (nSPS) is 11.8. The Balaban J connectivity index is 0.000000873. The number of isocyanates is 1. The van der Waals surface area contributed by atoms with Gasteiger partial charge in [-0.1, -0.05) is 53.0 Å². The van der Waals surface area contributed by atoms with Gasteiger partial charge in [-0.15, -0.1) is 11.6 Å². The SMILES string of the molecule is N=C=O.O=[N+]([O-])c1ccccc1C(Cl)C(Cl)(Cl)Cl. The Morgan fingerprint density at radius 2 is 1.78 bits per heavy atom. The van der Waals surface area contributed by atoms with Crippen molar-refractivity contribution in [1.29, 1.82) is 5.41 Å². The molecule has 1 unspecified atom stereocenters. The minimum Gasteiger partial charge on any atom is -0.258 e. The quantitative estimate of drug-likeness (QED) is 0.290. The van der Waals surface area contributed by atoms with Gasteiger partial charge in [-0.05, 0) is 0 Å². The molecule has 0 saturated carbocycles. The molecule has 0 heterocycles. The molecular formula is C9H6Cl4N2O3. The molecule has 9 heteroatoms. The van der Waals surface area contributed by atoms with Gasteiger partial charge in [-0.2, -0.15) is 0 Å². The highest BCUT2D eigenvalue weighted by molar-refractivity contribution is 6.70. The van der Waals surface area contributed by atoms with E-state index in [1.165, 1.54) is 18.2 Å². The molecule has 0 aromatic heterocycles. The van der Waals surface area contributed by atoms with Crippen molar-refractivity contribution in [2.45, 2.75) is 9.17 Å². The molecule has 0 radical (unpaired) electrons. The van der Waals surface area contributed by atoms with Crippen molar-refractivity contribution in [2.24, 2.45) is 0 Å². The van der Waals surface area contributed by atoms with Crippen LogP contribution in [-0.4, -0.2) is 14.8 Å². The van der Waals surface area contributed by atoms with E-state index in [2.05, 4.69) is 0 Å². The molecule has 0 saturated heterocycles. The summed E-state index contributed by atoms with van der Waals surface area (Å²) in [6.45, 7) is 0. The summed E-state index contributed by atoms with van der Waals surface area (Å²) in [5, 5.41) is 15.0. The lowest BCUT2D eigenvalue weighted by molar-refractivity contribution is -0.385. The predicted octanol–water partition coefficient (Wildman–Crippen LogP) is 4.15. The molecule has 0 aliphatic carbocycles. The summed E-state index contributed by atoms with van der Waals surface area (Å²) in [6, 6.07) is 5.87. The van der Waals surface area contributed by atoms with Crippen LogP contribution in [0.3, 0.4) is 0 Å². The van der Waals surface area contributed by atoms with Gasteiger partial charge in [0.2, 0.25) is 9.87 Å². The van der Waals surface area contributed by atoms with Crippen molar-refractivity contribution < 1.29 is 9.72 Å². The predicted molar refractivity (Wildman–Crippen MR) is 70.4 cm³/mol. The summed E-state index contributed by atoms with van der Waals surface area (Å²) >= 11 is 22.5. The van der Waals surface area contributed by atoms with Gasteiger partial charge in [-0.3, -0.25) is 10.1 Å². The van der Waals surface area contributed by atoms with E-state index in [4.69, 9.17) is 56.6 Å². The van der Waals surface area contributed by atoms with E-state index >= 15 is 0 Å². The fourth-order valence-corrected chi connectivity index (χ4v) is 1.58. The van der Waals surface area contributed by atoms with Crippen LogP contribution in [0, 0.1) is 15.5 Å². The summed E-state index contributed by atoms with van der Waals surface area (Å²) in [5.74, 6) is 0. The molecule has 0 aliphatic heterocycles. The Morgan fingerprint density at radius 1 is 1.33 bits per heavy atom. The number of nitro benzene ring substituents is 1. The summed E-state index contributed by atoms with van der Waals surface area (Å²) in [5.41, 5.74) is 0.0213. The first-order valence-corrected chi connectivity index (χ1v) is 5.80. The van der Waals surface area contributed by atoms with Crippen LogP contribution in [0.5, 0.6) is 0 Å². The molecule has 0 aliphatic rings. The van der Waals surface area contributed by atoms with Crippen LogP contribution < -0.4 is 0 Å². The highest BCUT2D eigenvalue weighted by atomic mass is 35.6. The first kappa shape index (κ1) is 17.2. The van der Waals surface area contributed by atoms with Gasteiger partial charge < -0.3 is 0 Å². The molecule has 0 spiro atoms. The van der Waals surface area contributed by atoms with Crippen LogP contribution in [0.15, 0.2) is 24.3 Å². The zero-order chi connectivity index (χ0) is 14.3. The van der Waals surface area contributed by atoms with E-state index < -0.39 is 14.1 Å². The summed E-state index contributed by atoms with van der Waals surface area (Å²) < 4.78 is -1.78. The number of hydrogen-bond acceptors (Lipinski definition) is 4. The second-order valence-electron chi connectivity index (χ2n) is 2.82. The molecule has 0 amide bonds. The molecule has 0 bridgehead atoms. The van der Waals surface area contributed by atoms with Crippen molar-refractivity contribution in [2.75, 3.05) is 0 Å². The summed E-state index contributed by atoms with van der Waals surface area (Å²) in [6.07, 6.45) is 0.750. The van der Waals surface area contributed by atoms with Gasteiger partial charge in [0.05, 0.1) is 10.5 Å². The molecular weight excluding hydrogens is 326 g/mol. The summed E-state index contributed by atoms with van der Waals surface area (Å²) in [4.78, 5) is 18.4. The molecule has 1 aromatic rings. The van der Waals surface area contributed by atoms with Crippen LogP contribution in [0.2, 0.25) is 0 Å². The van der Waals surface area contributed by atoms with E-state index in [-0.39, 0.29) is 11.3 Å². The molecule has 0 fully saturated rings. The lowest BCUT2D eigenvalue weighted by Crippen LogP contribution is -2.12. The second kappa shape index (κ2) is 7.56. The molecule has 18 heavy (non-hydrogen) atoms. The number of benzene rings is 1. The van der Waals surface area contributed by atoms with Crippen LogP contribution in [0.1, 0.15) is 10.9 Å². The number of nitrogens with zero attached hydrogens (tertiary/aromatic N) is 1. The van der Waals surface area contributed by atoms with Crippen LogP contribution in [0.25, 0.3) is 0 Å². The van der Waals surface area contributed by atoms with Gasteiger partial charge >= 0.3 is 0 Å². The number of nitrogens with one attached hydrogen (secondary N) is 1. The first-order valence-electron chi connectivity index (χ1n) is 4.23. The number of alkyl halides is 4. The van der Waals surface area contributed by atoms with Gasteiger partial charge in [0.1, 0.15) is 5.38 Å². The zero-order valence-electron chi connectivity index (χ0n) is 8.57. The maximum atomic E-state index is 10.7.